The van der Waals surface area contributed by atoms with Gasteiger partial charge in [-0.1, -0.05) is 5.57 Å². The first kappa shape index (κ1) is 16.8. The fourth-order valence-corrected chi connectivity index (χ4v) is 0. The minimum Gasteiger partial charge on any atom is -0.391 e. The zero-order chi connectivity index (χ0) is 10.1. The van der Waals surface area contributed by atoms with Crippen LogP contribution in [-0.2, 0) is 4.79 Å². The van der Waals surface area contributed by atoms with E-state index < -0.39 is 5.60 Å². The summed E-state index contributed by atoms with van der Waals surface area (Å²) < 4.78 is 0. The van der Waals surface area contributed by atoms with Gasteiger partial charge in [0, 0.05) is 0 Å². The van der Waals surface area contributed by atoms with Crippen molar-refractivity contribution < 1.29 is 9.90 Å². The van der Waals surface area contributed by atoms with Crippen molar-refractivity contribution in [2.24, 2.45) is 0 Å². The topological polar surface area (TPSA) is 37.3 Å². The number of carbonyl (C=O) groups is 1. The van der Waals surface area contributed by atoms with E-state index in [-0.39, 0.29) is 0 Å². The second kappa shape index (κ2) is 9.37. The van der Waals surface area contributed by atoms with Crippen LogP contribution in [0.3, 0.4) is 0 Å². The summed E-state index contributed by atoms with van der Waals surface area (Å²) in [4.78, 5) is 8.00. The summed E-state index contributed by atoms with van der Waals surface area (Å²) >= 11 is 0. The standard InChI is InChI=1S/C4H10O.C4H8.CH2O/c1-4(2,3)5;1-4(2)3;1-2/h5H,1-3H3;1H2,2-3H3;1H2. The highest BCUT2D eigenvalue weighted by molar-refractivity contribution is 5.10. The Morgan fingerprint density at radius 1 is 1.18 bits per heavy atom. The highest BCUT2D eigenvalue weighted by Gasteiger charge is 1.97. The van der Waals surface area contributed by atoms with Crippen molar-refractivity contribution in [3.05, 3.63) is 12.2 Å². The molecule has 0 spiro atoms. The third kappa shape index (κ3) is 1280. The van der Waals surface area contributed by atoms with Crippen molar-refractivity contribution in [2.75, 3.05) is 0 Å². The Morgan fingerprint density at radius 3 is 1.18 bits per heavy atom. The molecule has 0 unspecified atom stereocenters. The number of aliphatic hydroxyl groups is 1. The van der Waals surface area contributed by atoms with Gasteiger partial charge in [-0.2, -0.15) is 0 Å². The van der Waals surface area contributed by atoms with Gasteiger partial charge in [-0.15, -0.1) is 6.58 Å². The molecule has 0 amide bonds. The van der Waals surface area contributed by atoms with Gasteiger partial charge in [0.15, 0.2) is 0 Å². The molecule has 0 rings (SSSR count). The predicted octanol–water partition coefficient (Wildman–Crippen LogP) is 2.17. The number of rotatable bonds is 0. The Balaban J connectivity index is -0.0000000965. The van der Waals surface area contributed by atoms with E-state index in [4.69, 9.17) is 9.90 Å². The van der Waals surface area contributed by atoms with Crippen molar-refractivity contribution in [1.29, 1.82) is 0 Å². The maximum atomic E-state index is 8.52. The zero-order valence-corrected chi connectivity index (χ0v) is 8.27. The molecule has 0 aromatic carbocycles. The van der Waals surface area contributed by atoms with Gasteiger partial charge in [0.2, 0.25) is 0 Å². The fraction of sp³-hybridized carbons (Fsp3) is 0.667. The van der Waals surface area contributed by atoms with Crippen molar-refractivity contribution in [3.8, 4) is 0 Å². The minimum atomic E-state index is -0.500. The lowest BCUT2D eigenvalue weighted by Gasteiger charge is -2.04. The maximum Gasteiger partial charge on any atom is 0.106 e. The third-order valence-corrected chi connectivity index (χ3v) is 0. The van der Waals surface area contributed by atoms with Gasteiger partial charge in [-0.3, -0.25) is 0 Å². The van der Waals surface area contributed by atoms with Crippen LogP contribution in [0.1, 0.15) is 34.6 Å². The van der Waals surface area contributed by atoms with Crippen LogP contribution in [0.15, 0.2) is 12.2 Å². The van der Waals surface area contributed by atoms with E-state index in [1.165, 1.54) is 5.57 Å². The highest BCUT2D eigenvalue weighted by atomic mass is 16.3. The molecule has 2 heteroatoms. The van der Waals surface area contributed by atoms with E-state index in [1.807, 2.05) is 20.6 Å². The molecular formula is C9H20O2. The van der Waals surface area contributed by atoms with Crippen LogP contribution in [0.2, 0.25) is 0 Å². The summed E-state index contributed by atoms with van der Waals surface area (Å²) in [6, 6.07) is 0. The normalized spacial score (nSPS) is 8.18. The Labute approximate surface area is 69.9 Å². The molecule has 0 saturated carbocycles. The van der Waals surface area contributed by atoms with Crippen LogP contribution in [0.5, 0.6) is 0 Å². The molecule has 0 aromatic rings. The first-order chi connectivity index (χ1) is 4.73. The Morgan fingerprint density at radius 2 is 1.18 bits per heavy atom. The Hall–Kier alpha value is -0.630. The molecule has 0 bridgehead atoms. The summed E-state index contributed by atoms with van der Waals surface area (Å²) in [7, 11) is 0. The summed E-state index contributed by atoms with van der Waals surface area (Å²) in [5.74, 6) is 0. The molecule has 0 aromatic heterocycles. The molecule has 1 N–H and O–H groups in total. The van der Waals surface area contributed by atoms with Crippen LogP contribution in [0.4, 0.5) is 0 Å². The van der Waals surface area contributed by atoms with Gasteiger partial charge in [0.25, 0.3) is 0 Å². The first-order valence-corrected chi connectivity index (χ1v) is 3.37. The molecule has 0 radical (unpaired) electrons. The maximum absolute atomic E-state index is 8.52. The minimum absolute atomic E-state index is 0.500. The molecule has 68 valence electrons. The first-order valence-electron chi connectivity index (χ1n) is 3.37. The zero-order valence-electron chi connectivity index (χ0n) is 8.27. The molecule has 0 aliphatic carbocycles. The van der Waals surface area contributed by atoms with E-state index >= 15 is 0 Å². The lowest BCUT2D eigenvalue weighted by molar-refractivity contribution is -0.0979. The van der Waals surface area contributed by atoms with E-state index in [9.17, 15) is 0 Å². The van der Waals surface area contributed by atoms with Gasteiger partial charge in [-0.05, 0) is 34.6 Å². The monoisotopic (exact) mass is 160 g/mol. The third-order valence-electron chi connectivity index (χ3n) is 0. The average molecular weight is 160 g/mol. The molecular weight excluding hydrogens is 140 g/mol. The lowest BCUT2D eigenvalue weighted by Crippen LogP contribution is -2.10. The van der Waals surface area contributed by atoms with Crippen molar-refractivity contribution >= 4 is 6.79 Å². The van der Waals surface area contributed by atoms with Crippen LogP contribution in [-0.4, -0.2) is 17.5 Å². The molecule has 0 heterocycles. The van der Waals surface area contributed by atoms with Gasteiger partial charge in [-0.25, -0.2) is 0 Å². The molecule has 0 aliphatic rings. The van der Waals surface area contributed by atoms with Gasteiger partial charge in [0.05, 0.1) is 5.60 Å². The number of allylic oxidation sites excluding steroid dienone is 1. The molecule has 0 atom stereocenters. The van der Waals surface area contributed by atoms with E-state index in [2.05, 4.69) is 6.58 Å². The SMILES string of the molecule is C=C(C)C.C=O.CC(C)(C)O. The van der Waals surface area contributed by atoms with E-state index in [1.54, 1.807) is 20.8 Å². The molecule has 0 saturated heterocycles. The summed E-state index contributed by atoms with van der Waals surface area (Å²) in [6.45, 7) is 14.7. The number of carbonyl (C=O) groups excluding carboxylic acids is 1. The highest BCUT2D eigenvalue weighted by Crippen LogP contribution is 1.93. The number of hydrogen-bond acceptors (Lipinski definition) is 2. The van der Waals surface area contributed by atoms with Gasteiger partial charge in [0.1, 0.15) is 6.79 Å². The molecule has 2 nitrogen and oxygen atoms in total. The van der Waals surface area contributed by atoms with Gasteiger partial charge >= 0.3 is 0 Å². The van der Waals surface area contributed by atoms with Crippen molar-refractivity contribution in [2.45, 2.75) is 40.2 Å². The quantitative estimate of drug-likeness (QED) is 0.551. The van der Waals surface area contributed by atoms with E-state index in [0.29, 0.717) is 0 Å². The largest absolute Gasteiger partial charge is 0.391 e. The second-order valence-corrected chi connectivity index (χ2v) is 3.38. The fourth-order valence-electron chi connectivity index (χ4n) is 0. The van der Waals surface area contributed by atoms with Gasteiger partial charge < -0.3 is 9.90 Å². The summed E-state index contributed by atoms with van der Waals surface area (Å²) in [5, 5.41) is 8.52. The van der Waals surface area contributed by atoms with Crippen LogP contribution < -0.4 is 0 Å². The average Bonchev–Trinajstić information content (AvgIpc) is 1.63. The Bertz CT molecular complexity index is 80.2. The Kier molecular flexibility index (Phi) is 14.3. The van der Waals surface area contributed by atoms with E-state index in [0.717, 1.165) is 0 Å². The van der Waals surface area contributed by atoms with Crippen molar-refractivity contribution in [1.82, 2.24) is 0 Å². The van der Waals surface area contributed by atoms with Crippen LogP contribution in [0, 0.1) is 0 Å². The van der Waals surface area contributed by atoms with Crippen LogP contribution >= 0.6 is 0 Å². The smallest absolute Gasteiger partial charge is 0.106 e. The summed E-state index contributed by atoms with van der Waals surface area (Å²) in [5.41, 5.74) is 0.667. The molecule has 0 aliphatic heterocycles. The lowest BCUT2D eigenvalue weighted by atomic mass is 10.2. The second-order valence-electron chi connectivity index (χ2n) is 3.38. The van der Waals surface area contributed by atoms with Crippen molar-refractivity contribution in [3.63, 3.8) is 0 Å². The summed E-state index contributed by atoms with van der Waals surface area (Å²) in [6.07, 6.45) is 0. The van der Waals surface area contributed by atoms with Crippen LogP contribution in [0.25, 0.3) is 0 Å². The predicted molar refractivity (Wildman–Crippen MR) is 49.6 cm³/mol. The molecule has 11 heavy (non-hydrogen) atoms. The molecule has 0 fully saturated rings. The number of hydrogen-bond donors (Lipinski definition) is 1.